The molecule has 10 nitrogen and oxygen atoms in total. The van der Waals surface area contributed by atoms with Gasteiger partial charge in [-0.25, -0.2) is 9.67 Å². The molecule has 0 radical (unpaired) electrons. The first-order valence-corrected chi connectivity index (χ1v) is 13.7. The number of likely N-dealkylation sites (N-methyl/N-ethyl adjacent to an activating group) is 1. The third-order valence-electron chi connectivity index (χ3n) is 8.02. The van der Waals surface area contributed by atoms with Gasteiger partial charge in [-0.2, -0.15) is 5.10 Å². The highest BCUT2D eigenvalue weighted by Gasteiger charge is 2.27. The van der Waals surface area contributed by atoms with Crippen molar-refractivity contribution in [1.29, 1.82) is 0 Å². The number of aromatic nitrogens is 6. The topological polar surface area (TPSA) is 105 Å². The van der Waals surface area contributed by atoms with Gasteiger partial charge in [-0.05, 0) is 45.0 Å². The normalized spacial score (nSPS) is 14.5. The highest BCUT2D eigenvalue weighted by Crippen LogP contribution is 2.33. The number of amides is 1. The van der Waals surface area contributed by atoms with Crippen molar-refractivity contribution in [3.05, 3.63) is 59.4 Å². The first-order valence-electron chi connectivity index (χ1n) is 13.7. The highest BCUT2D eigenvalue weighted by molar-refractivity contribution is 6.02. The number of carbonyl (C=O) groups is 1. The van der Waals surface area contributed by atoms with Gasteiger partial charge in [0.25, 0.3) is 5.91 Å². The maximum atomic E-state index is 13.7. The number of fused-ring (bicyclic) bond motifs is 2. The number of hydrogen-bond acceptors (Lipinski definition) is 7. The zero-order chi connectivity index (χ0) is 28.1. The minimum atomic E-state index is 0.0699. The molecule has 10 heteroatoms. The van der Waals surface area contributed by atoms with Gasteiger partial charge in [0, 0.05) is 68.2 Å². The van der Waals surface area contributed by atoms with Gasteiger partial charge in [-0.1, -0.05) is 13.3 Å². The Kier molecular flexibility index (Phi) is 6.50. The lowest BCUT2D eigenvalue weighted by Crippen LogP contribution is -2.47. The molecule has 0 aliphatic carbocycles. The summed E-state index contributed by atoms with van der Waals surface area (Å²) in [5.74, 6) is 0.867. The standard InChI is InChI=1S/C30H34N8O2/c1-6-7-22-28-18(2)29(30(40)37-12-10-35(4)11-13-37)36(5)25(28)15-27(34-22)38-24-14-23(21-16-31-9-8-26(21)39)33-19(3)20(24)17-32-38/h8-9,14-17H,6-7,10-13H2,1-5H3,(H,31,39). The summed E-state index contributed by atoms with van der Waals surface area (Å²) in [6.07, 6.45) is 6.67. The van der Waals surface area contributed by atoms with Crippen LogP contribution >= 0.6 is 0 Å². The SMILES string of the molecule is CCCc1nc(-n2ncc3c(C)nc(-c4cnccc4O)cc32)cc2c1c(C)c(C(=O)N1CCN(C)CC1)n2C. The monoisotopic (exact) mass is 538 g/mol. The average molecular weight is 539 g/mol. The summed E-state index contributed by atoms with van der Waals surface area (Å²) < 4.78 is 3.84. The van der Waals surface area contributed by atoms with E-state index in [9.17, 15) is 9.90 Å². The molecular weight excluding hydrogens is 504 g/mol. The lowest BCUT2D eigenvalue weighted by Gasteiger charge is -2.32. The average Bonchev–Trinajstić information content (AvgIpc) is 3.48. The molecule has 5 aromatic rings. The Balaban J connectivity index is 1.52. The van der Waals surface area contributed by atoms with Crippen LogP contribution in [0.4, 0.5) is 0 Å². The summed E-state index contributed by atoms with van der Waals surface area (Å²) >= 11 is 0. The first-order chi connectivity index (χ1) is 19.3. The van der Waals surface area contributed by atoms with E-state index in [1.807, 2.05) is 47.2 Å². The lowest BCUT2D eigenvalue weighted by molar-refractivity contribution is 0.0654. The van der Waals surface area contributed by atoms with Crippen LogP contribution in [0.5, 0.6) is 5.75 Å². The van der Waals surface area contributed by atoms with Crippen molar-refractivity contribution in [2.75, 3.05) is 33.2 Å². The van der Waals surface area contributed by atoms with Gasteiger partial charge < -0.3 is 19.5 Å². The number of nitrogens with zero attached hydrogens (tertiary/aromatic N) is 8. The molecule has 6 rings (SSSR count). The van der Waals surface area contributed by atoms with E-state index in [1.54, 1.807) is 24.7 Å². The fourth-order valence-corrected chi connectivity index (χ4v) is 5.80. The second kappa shape index (κ2) is 10.0. The number of pyridine rings is 3. The molecule has 206 valence electrons. The van der Waals surface area contributed by atoms with Crippen LogP contribution in [-0.2, 0) is 13.5 Å². The van der Waals surface area contributed by atoms with E-state index in [4.69, 9.17) is 15.1 Å². The van der Waals surface area contributed by atoms with Crippen LogP contribution in [0.25, 0.3) is 38.9 Å². The van der Waals surface area contributed by atoms with Crippen LogP contribution in [-0.4, -0.2) is 83.3 Å². The molecular formula is C30H34N8O2. The van der Waals surface area contributed by atoms with E-state index in [1.165, 1.54) is 0 Å². The second-order valence-corrected chi connectivity index (χ2v) is 10.7. The Bertz CT molecular complexity index is 1760. The molecule has 1 N–H and O–H groups in total. The van der Waals surface area contributed by atoms with Crippen LogP contribution in [0.1, 0.15) is 40.8 Å². The molecule has 1 saturated heterocycles. The molecule has 1 aliphatic rings. The van der Waals surface area contributed by atoms with Gasteiger partial charge in [0.1, 0.15) is 11.4 Å². The minimum absolute atomic E-state index is 0.0699. The van der Waals surface area contributed by atoms with Crippen LogP contribution < -0.4 is 0 Å². The van der Waals surface area contributed by atoms with Crippen LogP contribution in [0.2, 0.25) is 0 Å². The Labute approximate surface area is 232 Å². The number of aryl methyl sites for hydroxylation is 4. The van der Waals surface area contributed by atoms with E-state index in [0.717, 1.165) is 83.5 Å². The van der Waals surface area contributed by atoms with E-state index >= 15 is 0 Å². The van der Waals surface area contributed by atoms with Crippen molar-refractivity contribution in [2.45, 2.75) is 33.6 Å². The molecule has 0 saturated carbocycles. The number of aromatic hydroxyl groups is 1. The molecule has 6 heterocycles. The van der Waals surface area contributed by atoms with Crippen molar-refractivity contribution < 1.29 is 9.90 Å². The number of hydrogen-bond donors (Lipinski definition) is 1. The second-order valence-electron chi connectivity index (χ2n) is 10.7. The van der Waals surface area contributed by atoms with Gasteiger partial charge in [0.05, 0.1) is 34.2 Å². The van der Waals surface area contributed by atoms with Crippen LogP contribution in [0.15, 0.2) is 36.8 Å². The van der Waals surface area contributed by atoms with Gasteiger partial charge in [0.15, 0.2) is 5.82 Å². The summed E-state index contributed by atoms with van der Waals surface area (Å²) in [5, 5.41) is 17.1. The number of carbonyl (C=O) groups excluding carboxylic acids is 1. The first kappa shape index (κ1) is 25.9. The third kappa shape index (κ3) is 4.19. The van der Waals surface area contributed by atoms with Crippen molar-refractivity contribution in [2.24, 2.45) is 7.05 Å². The Hall–Kier alpha value is -4.31. The molecule has 0 spiro atoms. The molecule has 0 unspecified atom stereocenters. The lowest BCUT2D eigenvalue weighted by atomic mass is 10.1. The minimum Gasteiger partial charge on any atom is -0.507 e. The maximum Gasteiger partial charge on any atom is 0.270 e. The zero-order valence-corrected chi connectivity index (χ0v) is 23.6. The summed E-state index contributed by atoms with van der Waals surface area (Å²) in [6, 6.07) is 5.49. The Morgan fingerprint density at radius 3 is 2.52 bits per heavy atom. The van der Waals surface area contributed by atoms with Gasteiger partial charge >= 0.3 is 0 Å². The van der Waals surface area contributed by atoms with Crippen molar-refractivity contribution in [3.8, 4) is 22.8 Å². The quantitative estimate of drug-likeness (QED) is 0.360. The molecule has 0 bridgehead atoms. The largest absolute Gasteiger partial charge is 0.507 e. The summed E-state index contributed by atoms with van der Waals surface area (Å²) in [4.78, 5) is 31.9. The molecule has 0 atom stereocenters. The summed E-state index contributed by atoms with van der Waals surface area (Å²) in [5.41, 5.74) is 6.41. The third-order valence-corrected chi connectivity index (χ3v) is 8.02. The predicted molar refractivity (Wildman–Crippen MR) is 155 cm³/mol. The zero-order valence-electron chi connectivity index (χ0n) is 23.6. The molecule has 40 heavy (non-hydrogen) atoms. The molecule has 5 aromatic heterocycles. The summed E-state index contributed by atoms with van der Waals surface area (Å²) in [7, 11) is 4.06. The van der Waals surface area contributed by atoms with Crippen molar-refractivity contribution >= 4 is 27.7 Å². The molecule has 1 aliphatic heterocycles. The van der Waals surface area contributed by atoms with E-state index in [-0.39, 0.29) is 11.7 Å². The van der Waals surface area contributed by atoms with E-state index < -0.39 is 0 Å². The smallest absolute Gasteiger partial charge is 0.270 e. The van der Waals surface area contributed by atoms with Gasteiger partial charge in [0.2, 0.25) is 0 Å². The Morgan fingerprint density at radius 2 is 1.80 bits per heavy atom. The fraction of sp³-hybridized carbons (Fsp3) is 0.367. The fourth-order valence-electron chi connectivity index (χ4n) is 5.80. The summed E-state index contributed by atoms with van der Waals surface area (Å²) in [6.45, 7) is 9.31. The van der Waals surface area contributed by atoms with E-state index in [2.05, 4.69) is 23.9 Å². The molecule has 1 fully saturated rings. The van der Waals surface area contributed by atoms with Crippen molar-refractivity contribution in [3.63, 3.8) is 0 Å². The van der Waals surface area contributed by atoms with Gasteiger partial charge in [-0.3, -0.25) is 14.8 Å². The highest BCUT2D eigenvalue weighted by atomic mass is 16.3. The Morgan fingerprint density at radius 1 is 1.02 bits per heavy atom. The maximum absolute atomic E-state index is 13.7. The van der Waals surface area contributed by atoms with E-state index in [0.29, 0.717) is 17.1 Å². The van der Waals surface area contributed by atoms with Gasteiger partial charge in [-0.15, -0.1) is 0 Å². The van der Waals surface area contributed by atoms with Crippen LogP contribution in [0, 0.1) is 13.8 Å². The number of rotatable bonds is 5. The number of piperazine rings is 1. The van der Waals surface area contributed by atoms with Crippen LogP contribution in [0.3, 0.4) is 0 Å². The molecule has 1 amide bonds. The predicted octanol–water partition coefficient (Wildman–Crippen LogP) is 4.03. The van der Waals surface area contributed by atoms with Crippen molar-refractivity contribution in [1.82, 2.24) is 39.1 Å². The molecule has 0 aromatic carbocycles.